The summed E-state index contributed by atoms with van der Waals surface area (Å²) >= 11 is 0. The lowest BCUT2D eigenvalue weighted by molar-refractivity contribution is -0.122. The molecule has 1 heterocycles. The molecule has 1 saturated heterocycles. The molecule has 1 atom stereocenters. The highest BCUT2D eigenvalue weighted by Gasteiger charge is 2.20. The van der Waals surface area contributed by atoms with E-state index in [4.69, 9.17) is 4.74 Å². The van der Waals surface area contributed by atoms with Crippen molar-refractivity contribution in [2.75, 3.05) is 40.3 Å². The molecule has 0 radical (unpaired) electrons. The highest BCUT2D eigenvalue weighted by Crippen LogP contribution is 2.17. The summed E-state index contributed by atoms with van der Waals surface area (Å²) in [5.41, 5.74) is 1.12. The van der Waals surface area contributed by atoms with Crippen LogP contribution >= 0.6 is 0 Å². The van der Waals surface area contributed by atoms with Crippen LogP contribution < -0.4 is 15.4 Å². The summed E-state index contributed by atoms with van der Waals surface area (Å²) < 4.78 is 5.32. The molecule has 1 aromatic carbocycles. The Kier molecular flexibility index (Phi) is 6.68. The lowest BCUT2D eigenvalue weighted by Crippen LogP contribution is -2.48. The molecule has 1 fully saturated rings. The summed E-state index contributed by atoms with van der Waals surface area (Å²) in [6, 6.07) is 8.44. The predicted molar refractivity (Wildman–Crippen MR) is 88.2 cm³/mol. The Hall–Kier alpha value is -1.59. The molecule has 0 spiro atoms. The first-order valence-electron chi connectivity index (χ1n) is 8.01. The number of methoxy groups -OCH3 is 1. The normalized spacial score (nSPS) is 18.9. The number of carbonyl (C=O) groups is 1. The van der Waals surface area contributed by atoms with Crippen LogP contribution in [0.1, 0.15) is 18.4 Å². The Bertz CT molecular complexity index is 479. The molecule has 1 aliphatic rings. The fourth-order valence-corrected chi connectivity index (χ4v) is 2.94. The van der Waals surface area contributed by atoms with Crippen LogP contribution in [0.4, 0.5) is 0 Å². The Labute approximate surface area is 133 Å². The minimum atomic E-state index is 0.103. The van der Waals surface area contributed by atoms with Gasteiger partial charge in [-0.2, -0.15) is 0 Å². The van der Waals surface area contributed by atoms with Crippen LogP contribution in [-0.2, 0) is 11.2 Å². The maximum Gasteiger partial charge on any atom is 0.234 e. The van der Waals surface area contributed by atoms with E-state index in [9.17, 15) is 4.79 Å². The minimum absolute atomic E-state index is 0.103. The average Bonchev–Trinajstić information content (AvgIpc) is 2.55. The zero-order chi connectivity index (χ0) is 15.8. The SMILES string of the molecule is CNC1CCCN(CC(=O)NCCc2ccccc2OC)C1. The van der Waals surface area contributed by atoms with Crippen LogP contribution in [0.3, 0.4) is 0 Å². The third-order valence-corrected chi connectivity index (χ3v) is 4.19. The van der Waals surface area contributed by atoms with Gasteiger partial charge in [0, 0.05) is 19.1 Å². The zero-order valence-corrected chi connectivity index (χ0v) is 13.6. The van der Waals surface area contributed by atoms with Gasteiger partial charge in [-0.3, -0.25) is 9.69 Å². The molecular formula is C17H27N3O2. The third kappa shape index (κ3) is 5.00. The molecule has 22 heavy (non-hydrogen) atoms. The van der Waals surface area contributed by atoms with E-state index >= 15 is 0 Å². The number of benzene rings is 1. The number of amides is 1. The van der Waals surface area contributed by atoms with Gasteiger partial charge in [-0.25, -0.2) is 0 Å². The van der Waals surface area contributed by atoms with Gasteiger partial charge >= 0.3 is 0 Å². The number of hydrogen-bond donors (Lipinski definition) is 2. The monoisotopic (exact) mass is 305 g/mol. The van der Waals surface area contributed by atoms with E-state index in [-0.39, 0.29) is 5.91 Å². The number of nitrogens with zero attached hydrogens (tertiary/aromatic N) is 1. The number of piperidine rings is 1. The van der Waals surface area contributed by atoms with Crippen LogP contribution in [-0.4, -0.2) is 57.2 Å². The number of likely N-dealkylation sites (N-methyl/N-ethyl adjacent to an activating group) is 1. The summed E-state index contributed by atoms with van der Waals surface area (Å²) in [5, 5.41) is 6.30. The second kappa shape index (κ2) is 8.76. The van der Waals surface area contributed by atoms with Gasteiger partial charge in [-0.05, 0) is 44.5 Å². The van der Waals surface area contributed by atoms with Gasteiger partial charge in [0.1, 0.15) is 5.75 Å². The Morgan fingerprint density at radius 2 is 2.23 bits per heavy atom. The molecule has 0 bridgehead atoms. The molecule has 1 aliphatic heterocycles. The minimum Gasteiger partial charge on any atom is -0.496 e. The van der Waals surface area contributed by atoms with E-state index in [2.05, 4.69) is 15.5 Å². The van der Waals surface area contributed by atoms with E-state index in [1.54, 1.807) is 7.11 Å². The largest absolute Gasteiger partial charge is 0.496 e. The summed E-state index contributed by atoms with van der Waals surface area (Å²) in [4.78, 5) is 14.3. The van der Waals surface area contributed by atoms with Crippen molar-refractivity contribution in [3.8, 4) is 5.75 Å². The van der Waals surface area contributed by atoms with Gasteiger partial charge < -0.3 is 15.4 Å². The van der Waals surface area contributed by atoms with Crippen molar-refractivity contribution in [3.05, 3.63) is 29.8 Å². The first-order valence-corrected chi connectivity index (χ1v) is 8.01. The van der Waals surface area contributed by atoms with Crippen LogP contribution in [0, 0.1) is 0 Å². The molecular weight excluding hydrogens is 278 g/mol. The average molecular weight is 305 g/mol. The number of hydrogen-bond acceptors (Lipinski definition) is 4. The molecule has 0 saturated carbocycles. The number of rotatable bonds is 7. The third-order valence-electron chi connectivity index (χ3n) is 4.19. The zero-order valence-electron chi connectivity index (χ0n) is 13.6. The Balaban J connectivity index is 1.71. The van der Waals surface area contributed by atoms with Crippen molar-refractivity contribution in [3.63, 3.8) is 0 Å². The second-order valence-corrected chi connectivity index (χ2v) is 5.77. The van der Waals surface area contributed by atoms with Crippen LogP contribution in [0.25, 0.3) is 0 Å². The summed E-state index contributed by atoms with van der Waals surface area (Å²) in [6.45, 7) is 3.10. The molecule has 5 heteroatoms. The molecule has 0 aromatic heterocycles. The fourth-order valence-electron chi connectivity index (χ4n) is 2.94. The number of ether oxygens (including phenoxy) is 1. The maximum absolute atomic E-state index is 12.0. The number of nitrogens with one attached hydrogen (secondary N) is 2. The van der Waals surface area contributed by atoms with E-state index in [0.29, 0.717) is 19.1 Å². The molecule has 1 aromatic rings. The summed E-state index contributed by atoms with van der Waals surface area (Å²) in [5.74, 6) is 0.983. The molecule has 1 amide bonds. The molecule has 5 nitrogen and oxygen atoms in total. The van der Waals surface area contributed by atoms with E-state index in [1.807, 2.05) is 31.3 Å². The van der Waals surface area contributed by atoms with Gasteiger partial charge in [0.2, 0.25) is 5.91 Å². The molecule has 0 aliphatic carbocycles. The van der Waals surface area contributed by atoms with Crippen LogP contribution in [0.5, 0.6) is 5.75 Å². The first kappa shape index (κ1) is 16.8. The van der Waals surface area contributed by atoms with Gasteiger partial charge in [0.25, 0.3) is 0 Å². The summed E-state index contributed by atoms with van der Waals surface area (Å²) in [7, 11) is 3.66. The number of para-hydroxylation sites is 1. The number of carbonyl (C=O) groups excluding carboxylic acids is 1. The van der Waals surface area contributed by atoms with Crippen molar-refractivity contribution < 1.29 is 9.53 Å². The van der Waals surface area contributed by atoms with E-state index in [1.165, 1.54) is 6.42 Å². The van der Waals surface area contributed by atoms with Crippen LogP contribution in [0.15, 0.2) is 24.3 Å². The van der Waals surface area contributed by atoms with Gasteiger partial charge in [0.15, 0.2) is 0 Å². The van der Waals surface area contributed by atoms with E-state index < -0.39 is 0 Å². The van der Waals surface area contributed by atoms with Crippen molar-refractivity contribution >= 4 is 5.91 Å². The topological polar surface area (TPSA) is 53.6 Å². The van der Waals surface area contributed by atoms with Crippen molar-refractivity contribution in [1.29, 1.82) is 0 Å². The summed E-state index contributed by atoms with van der Waals surface area (Å²) in [6.07, 6.45) is 3.14. The van der Waals surface area contributed by atoms with Crippen molar-refractivity contribution in [2.45, 2.75) is 25.3 Å². The molecule has 122 valence electrons. The predicted octanol–water partition coefficient (Wildman–Crippen LogP) is 1.04. The maximum atomic E-state index is 12.0. The Morgan fingerprint density at radius 3 is 3.00 bits per heavy atom. The lowest BCUT2D eigenvalue weighted by atomic mass is 10.1. The quantitative estimate of drug-likeness (QED) is 0.790. The number of likely N-dealkylation sites (tertiary alicyclic amines) is 1. The second-order valence-electron chi connectivity index (χ2n) is 5.77. The fraction of sp³-hybridized carbons (Fsp3) is 0.588. The molecule has 2 N–H and O–H groups in total. The first-order chi connectivity index (χ1) is 10.7. The standard InChI is InChI=1S/C17H27N3O2/c1-18-15-7-5-11-20(12-15)13-17(21)19-10-9-14-6-3-4-8-16(14)22-2/h3-4,6,8,15,18H,5,7,9-13H2,1-2H3,(H,19,21). The van der Waals surface area contributed by atoms with Gasteiger partial charge in [0.05, 0.1) is 13.7 Å². The van der Waals surface area contributed by atoms with Gasteiger partial charge in [-0.15, -0.1) is 0 Å². The Morgan fingerprint density at radius 1 is 1.41 bits per heavy atom. The van der Waals surface area contributed by atoms with Gasteiger partial charge in [-0.1, -0.05) is 18.2 Å². The highest BCUT2D eigenvalue weighted by atomic mass is 16.5. The van der Waals surface area contributed by atoms with E-state index in [0.717, 1.165) is 37.2 Å². The van der Waals surface area contributed by atoms with Crippen LogP contribution in [0.2, 0.25) is 0 Å². The smallest absolute Gasteiger partial charge is 0.234 e. The molecule has 1 unspecified atom stereocenters. The highest BCUT2D eigenvalue weighted by molar-refractivity contribution is 5.78. The van der Waals surface area contributed by atoms with Crippen molar-refractivity contribution in [1.82, 2.24) is 15.5 Å². The molecule has 2 rings (SSSR count). The lowest BCUT2D eigenvalue weighted by Gasteiger charge is -2.31. The van der Waals surface area contributed by atoms with Crippen molar-refractivity contribution in [2.24, 2.45) is 0 Å².